The van der Waals surface area contributed by atoms with Gasteiger partial charge in [-0.1, -0.05) is 12.1 Å². The maximum atomic E-state index is 9.63. The summed E-state index contributed by atoms with van der Waals surface area (Å²) in [6.45, 7) is 4.77. The molecule has 1 aromatic rings. The molecule has 0 aromatic carbocycles. The van der Waals surface area contributed by atoms with Gasteiger partial charge in [0, 0.05) is 6.54 Å². The highest BCUT2D eigenvalue weighted by molar-refractivity contribution is 4.79. The van der Waals surface area contributed by atoms with Crippen molar-refractivity contribution in [2.75, 3.05) is 6.54 Å². The van der Waals surface area contributed by atoms with Crippen molar-refractivity contribution in [3.8, 4) is 0 Å². The zero-order valence-corrected chi connectivity index (χ0v) is 7.95. The highest BCUT2D eigenvalue weighted by Gasteiger charge is 2.16. The molecule has 1 aromatic heterocycles. The molecule has 74 valence electrons. The molecule has 13 heavy (non-hydrogen) atoms. The number of nitrogens with zero attached hydrogens (tertiary/aromatic N) is 2. The van der Waals surface area contributed by atoms with Crippen LogP contribution in [0.2, 0.25) is 0 Å². The van der Waals surface area contributed by atoms with Crippen molar-refractivity contribution >= 4 is 0 Å². The molecule has 0 saturated heterocycles. The third-order valence-electron chi connectivity index (χ3n) is 1.96. The number of rotatable bonds is 5. The Morgan fingerprint density at radius 3 is 3.00 bits per heavy atom. The van der Waals surface area contributed by atoms with Gasteiger partial charge in [-0.05, 0) is 13.3 Å². The first-order chi connectivity index (χ1) is 6.14. The summed E-state index contributed by atoms with van der Waals surface area (Å²) in [6, 6.07) is 0. The van der Waals surface area contributed by atoms with Gasteiger partial charge >= 0.3 is 0 Å². The highest BCUT2D eigenvalue weighted by Crippen LogP contribution is 2.05. The van der Waals surface area contributed by atoms with E-state index in [0.717, 1.165) is 0 Å². The number of nitrogens with one attached hydrogen (secondary N) is 1. The molecule has 0 bridgehead atoms. The molecule has 0 spiro atoms. The lowest BCUT2D eigenvalue weighted by atomic mass is 10.0. The van der Waals surface area contributed by atoms with Gasteiger partial charge in [-0.3, -0.25) is 0 Å². The van der Waals surface area contributed by atoms with Crippen LogP contribution in [0.3, 0.4) is 0 Å². The second kappa shape index (κ2) is 4.34. The summed E-state index contributed by atoms with van der Waals surface area (Å²) in [5.74, 6) is 0.604. The first-order valence-corrected chi connectivity index (χ1v) is 4.32. The summed E-state index contributed by atoms with van der Waals surface area (Å²) in [4.78, 5) is 3.84. The van der Waals surface area contributed by atoms with Gasteiger partial charge in [0.2, 0.25) is 6.39 Å². The van der Waals surface area contributed by atoms with Crippen molar-refractivity contribution < 1.29 is 9.63 Å². The fourth-order valence-corrected chi connectivity index (χ4v) is 0.839. The topological polar surface area (TPSA) is 71.2 Å². The van der Waals surface area contributed by atoms with Crippen molar-refractivity contribution in [3.05, 3.63) is 12.2 Å². The molecular formula is C8H15N3O2. The Hall–Kier alpha value is -0.940. The van der Waals surface area contributed by atoms with E-state index in [1.54, 1.807) is 6.92 Å². The van der Waals surface area contributed by atoms with Crippen molar-refractivity contribution in [3.63, 3.8) is 0 Å². The molecule has 1 unspecified atom stereocenters. The minimum Gasteiger partial charge on any atom is -0.389 e. The van der Waals surface area contributed by atoms with Crippen molar-refractivity contribution in [2.45, 2.75) is 32.4 Å². The standard InChI is InChI=1S/C8H15N3O2/c1-3-8(2,12)5-9-4-7-10-6-13-11-7/h6,9,12H,3-5H2,1-2H3. The second-order valence-electron chi connectivity index (χ2n) is 3.30. The van der Waals surface area contributed by atoms with Gasteiger partial charge in [-0.15, -0.1) is 0 Å². The van der Waals surface area contributed by atoms with Gasteiger partial charge < -0.3 is 14.9 Å². The molecule has 0 aliphatic heterocycles. The SMILES string of the molecule is CCC(C)(O)CNCc1ncon1. The van der Waals surface area contributed by atoms with Crippen LogP contribution in [0.5, 0.6) is 0 Å². The second-order valence-corrected chi connectivity index (χ2v) is 3.30. The van der Waals surface area contributed by atoms with Gasteiger partial charge in [-0.2, -0.15) is 4.98 Å². The van der Waals surface area contributed by atoms with E-state index in [1.165, 1.54) is 6.39 Å². The number of hydrogen-bond acceptors (Lipinski definition) is 5. The summed E-state index contributed by atoms with van der Waals surface area (Å²) in [6.07, 6.45) is 2.00. The minimum absolute atomic E-state index is 0.520. The van der Waals surface area contributed by atoms with E-state index in [9.17, 15) is 5.11 Å². The molecule has 2 N–H and O–H groups in total. The number of aliphatic hydroxyl groups is 1. The zero-order chi connectivity index (χ0) is 9.73. The molecule has 0 fully saturated rings. The van der Waals surface area contributed by atoms with Gasteiger partial charge in [0.15, 0.2) is 5.82 Å². The maximum absolute atomic E-state index is 9.63. The number of aromatic nitrogens is 2. The van der Waals surface area contributed by atoms with Crippen LogP contribution in [0.1, 0.15) is 26.1 Å². The van der Waals surface area contributed by atoms with Crippen LogP contribution in [-0.2, 0) is 6.54 Å². The number of hydrogen-bond donors (Lipinski definition) is 2. The smallest absolute Gasteiger partial charge is 0.213 e. The van der Waals surface area contributed by atoms with Crippen molar-refractivity contribution in [1.82, 2.24) is 15.5 Å². The largest absolute Gasteiger partial charge is 0.389 e. The first kappa shape index (κ1) is 10.1. The van der Waals surface area contributed by atoms with Gasteiger partial charge in [0.1, 0.15) is 0 Å². The van der Waals surface area contributed by atoms with Crippen LogP contribution in [0.25, 0.3) is 0 Å². The van der Waals surface area contributed by atoms with Crippen LogP contribution < -0.4 is 5.32 Å². The fraction of sp³-hybridized carbons (Fsp3) is 0.750. The molecular weight excluding hydrogens is 170 g/mol. The van der Waals surface area contributed by atoms with E-state index < -0.39 is 5.60 Å². The van der Waals surface area contributed by atoms with Gasteiger partial charge in [0.25, 0.3) is 0 Å². The Kier molecular flexibility index (Phi) is 3.39. The minimum atomic E-state index is -0.663. The molecule has 0 saturated carbocycles. The Bertz CT molecular complexity index is 234. The predicted octanol–water partition coefficient (Wildman–Crippen LogP) is 0.320. The highest BCUT2D eigenvalue weighted by atomic mass is 16.5. The van der Waals surface area contributed by atoms with Crippen LogP contribution in [0.4, 0.5) is 0 Å². The molecule has 0 aliphatic rings. The Morgan fingerprint density at radius 1 is 1.69 bits per heavy atom. The molecule has 0 aliphatic carbocycles. The average Bonchev–Trinajstić information content (AvgIpc) is 2.57. The molecule has 5 heteroatoms. The lowest BCUT2D eigenvalue weighted by molar-refractivity contribution is 0.0553. The van der Waals surface area contributed by atoms with Crippen LogP contribution in [0, 0.1) is 0 Å². The van der Waals surface area contributed by atoms with Gasteiger partial charge in [0.05, 0.1) is 12.1 Å². The zero-order valence-electron chi connectivity index (χ0n) is 7.95. The Balaban J connectivity index is 2.21. The Morgan fingerprint density at radius 2 is 2.46 bits per heavy atom. The third kappa shape index (κ3) is 3.52. The lowest BCUT2D eigenvalue weighted by Gasteiger charge is -2.20. The van der Waals surface area contributed by atoms with E-state index >= 15 is 0 Å². The van der Waals surface area contributed by atoms with E-state index in [-0.39, 0.29) is 0 Å². The van der Waals surface area contributed by atoms with E-state index in [2.05, 4.69) is 20.0 Å². The van der Waals surface area contributed by atoms with Crippen molar-refractivity contribution in [2.24, 2.45) is 0 Å². The molecule has 1 rings (SSSR count). The average molecular weight is 185 g/mol. The van der Waals surface area contributed by atoms with Gasteiger partial charge in [-0.25, -0.2) is 0 Å². The monoisotopic (exact) mass is 185 g/mol. The lowest BCUT2D eigenvalue weighted by Crippen LogP contribution is -2.36. The van der Waals surface area contributed by atoms with E-state index in [0.29, 0.717) is 25.3 Å². The van der Waals surface area contributed by atoms with Crippen molar-refractivity contribution in [1.29, 1.82) is 0 Å². The summed E-state index contributed by atoms with van der Waals surface area (Å²) < 4.78 is 4.56. The fourth-order valence-electron chi connectivity index (χ4n) is 0.839. The summed E-state index contributed by atoms with van der Waals surface area (Å²) in [5.41, 5.74) is -0.663. The molecule has 1 heterocycles. The first-order valence-electron chi connectivity index (χ1n) is 4.32. The normalized spacial score (nSPS) is 15.6. The van der Waals surface area contributed by atoms with Crippen LogP contribution >= 0.6 is 0 Å². The van der Waals surface area contributed by atoms with Crippen LogP contribution in [0.15, 0.2) is 10.9 Å². The predicted molar refractivity (Wildman–Crippen MR) is 46.9 cm³/mol. The third-order valence-corrected chi connectivity index (χ3v) is 1.96. The summed E-state index contributed by atoms with van der Waals surface area (Å²) in [7, 11) is 0. The summed E-state index contributed by atoms with van der Waals surface area (Å²) in [5, 5.41) is 16.3. The maximum Gasteiger partial charge on any atom is 0.213 e. The Labute approximate surface area is 77.2 Å². The molecule has 1 atom stereocenters. The molecule has 0 amide bonds. The van der Waals surface area contributed by atoms with E-state index in [4.69, 9.17) is 0 Å². The summed E-state index contributed by atoms with van der Waals surface area (Å²) >= 11 is 0. The van der Waals surface area contributed by atoms with E-state index in [1.807, 2.05) is 6.92 Å². The van der Waals surface area contributed by atoms with Crippen LogP contribution in [-0.4, -0.2) is 27.4 Å². The molecule has 0 radical (unpaired) electrons. The molecule has 5 nitrogen and oxygen atoms in total. The quantitative estimate of drug-likeness (QED) is 0.691.